The average molecular weight is 363 g/mol. The van der Waals surface area contributed by atoms with Crippen LogP contribution < -0.4 is 5.63 Å². The Morgan fingerprint density at radius 3 is 2.85 bits per heavy atom. The standard InChI is InChI=1S/C20H29NO5/c1-13(2)4-5-16-8-14(3)17(19(24)26-16)18(23)21-9-15-6-7-25-12-20(15,10-21)11-22/h8,13,15,22H,4-7,9-12H2,1-3H3/t15-,20+/m0/s1. The molecule has 0 aliphatic carbocycles. The van der Waals surface area contributed by atoms with Gasteiger partial charge in [-0.05, 0) is 43.2 Å². The van der Waals surface area contributed by atoms with Gasteiger partial charge >= 0.3 is 5.63 Å². The van der Waals surface area contributed by atoms with Gasteiger partial charge in [-0.2, -0.15) is 0 Å². The Hall–Kier alpha value is -1.66. The summed E-state index contributed by atoms with van der Waals surface area (Å²) in [5.41, 5.74) is -0.183. The number of ether oxygens (including phenoxy) is 1. The van der Waals surface area contributed by atoms with Gasteiger partial charge in [-0.25, -0.2) is 4.79 Å². The molecule has 3 rings (SSSR count). The van der Waals surface area contributed by atoms with E-state index in [9.17, 15) is 14.7 Å². The van der Waals surface area contributed by atoms with Gasteiger partial charge in [-0.1, -0.05) is 13.8 Å². The van der Waals surface area contributed by atoms with E-state index in [2.05, 4.69) is 13.8 Å². The van der Waals surface area contributed by atoms with Crippen LogP contribution in [0.1, 0.15) is 48.4 Å². The maximum absolute atomic E-state index is 13.0. The van der Waals surface area contributed by atoms with Crippen molar-refractivity contribution in [2.24, 2.45) is 17.3 Å². The van der Waals surface area contributed by atoms with Gasteiger partial charge in [0.05, 0.1) is 13.2 Å². The first kappa shape index (κ1) is 19.1. The number of carbonyl (C=O) groups excluding carboxylic acids is 1. The maximum Gasteiger partial charge on any atom is 0.349 e. The summed E-state index contributed by atoms with van der Waals surface area (Å²) in [6.45, 7) is 8.10. The molecule has 2 aliphatic heterocycles. The van der Waals surface area contributed by atoms with Crippen LogP contribution in [0.4, 0.5) is 0 Å². The third-order valence-electron chi connectivity index (χ3n) is 5.80. The van der Waals surface area contributed by atoms with E-state index in [1.165, 1.54) is 0 Å². The number of fused-ring (bicyclic) bond motifs is 1. The second kappa shape index (κ2) is 7.53. The number of hydrogen-bond acceptors (Lipinski definition) is 5. The lowest BCUT2D eigenvalue weighted by Gasteiger charge is -2.36. The molecular formula is C20H29NO5. The van der Waals surface area contributed by atoms with Crippen LogP contribution in [0.3, 0.4) is 0 Å². The minimum absolute atomic E-state index is 0.0107. The lowest BCUT2D eigenvalue weighted by Crippen LogP contribution is -2.43. The van der Waals surface area contributed by atoms with Crippen LogP contribution >= 0.6 is 0 Å². The van der Waals surface area contributed by atoms with Crippen molar-refractivity contribution < 1.29 is 19.1 Å². The van der Waals surface area contributed by atoms with Crippen molar-refractivity contribution in [3.8, 4) is 0 Å². The lowest BCUT2D eigenvalue weighted by atomic mass is 9.76. The molecule has 0 unspecified atom stereocenters. The summed E-state index contributed by atoms with van der Waals surface area (Å²) in [4.78, 5) is 27.2. The first-order chi connectivity index (χ1) is 12.4. The summed E-state index contributed by atoms with van der Waals surface area (Å²) in [7, 11) is 0. The quantitative estimate of drug-likeness (QED) is 0.866. The Kier molecular flexibility index (Phi) is 5.53. The summed E-state index contributed by atoms with van der Waals surface area (Å²) in [5.74, 6) is 1.07. The molecule has 6 nitrogen and oxygen atoms in total. The van der Waals surface area contributed by atoms with E-state index in [1.807, 2.05) is 6.07 Å². The van der Waals surface area contributed by atoms with E-state index in [4.69, 9.17) is 9.15 Å². The molecule has 1 aromatic heterocycles. The maximum atomic E-state index is 13.0. The topological polar surface area (TPSA) is 80.0 Å². The van der Waals surface area contributed by atoms with Gasteiger partial charge in [0.1, 0.15) is 11.3 Å². The molecule has 3 heterocycles. The average Bonchev–Trinajstić information content (AvgIpc) is 2.99. The van der Waals surface area contributed by atoms with Crippen molar-refractivity contribution in [3.05, 3.63) is 33.4 Å². The van der Waals surface area contributed by atoms with Gasteiger partial charge in [0.2, 0.25) is 0 Å². The molecular weight excluding hydrogens is 334 g/mol. The Balaban J connectivity index is 1.81. The Morgan fingerprint density at radius 2 is 2.23 bits per heavy atom. The number of carbonyl (C=O) groups is 1. The van der Waals surface area contributed by atoms with Crippen LogP contribution in [-0.4, -0.2) is 48.8 Å². The molecule has 0 aromatic carbocycles. The second-order valence-electron chi connectivity index (χ2n) is 8.24. The first-order valence-corrected chi connectivity index (χ1v) is 9.48. The number of aliphatic hydroxyl groups is 1. The van der Waals surface area contributed by atoms with Gasteiger partial charge in [0, 0.05) is 31.5 Å². The van der Waals surface area contributed by atoms with Crippen molar-refractivity contribution in [1.82, 2.24) is 4.90 Å². The molecule has 0 bridgehead atoms. The van der Waals surface area contributed by atoms with Crippen molar-refractivity contribution in [1.29, 1.82) is 0 Å². The van der Waals surface area contributed by atoms with Crippen LogP contribution in [0.25, 0.3) is 0 Å². The highest BCUT2D eigenvalue weighted by Gasteiger charge is 2.49. The van der Waals surface area contributed by atoms with Crippen molar-refractivity contribution in [2.75, 3.05) is 32.9 Å². The summed E-state index contributed by atoms with van der Waals surface area (Å²) in [6.07, 6.45) is 2.45. The Bertz CT molecular complexity index is 725. The number of rotatable bonds is 5. The van der Waals surface area contributed by atoms with Crippen molar-refractivity contribution >= 4 is 5.91 Å². The number of nitrogens with zero attached hydrogens (tertiary/aromatic N) is 1. The Morgan fingerprint density at radius 1 is 1.46 bits per heavy atom. The molecule has 2 aliphatic rings. The first-order valence-electron chi connectivity index (χ1n) is 9.48. The van der Waals surface area contributed by atoms with E-state index < -0.39 is 11.0 Å². The SMILES string of the molecule is Cc1cc(CCC(C)C)oc(=O)c1C(=O)N1C[C@@H]2CCOC[C@]2(CO)C1. The second-order valence-corrected chi connectivity index (χ2v) is 8.24. The molecule has 144 valence electrons. The third-order valence-corrected chi connectivity index (χ3v) is 5.80. The molecule has 2 atom stereocenters. The highest BCUT2D eigenvalue weighted by Crippen LogP contribution is 2.41. The van der Waals surface area contributed by atoms with E-state index in [-0.39, 0.29) is 24.0 Å². The molecule has 0 spiro atoms. The minimum Gasteiger partial charge on any atom is -0.427 e. The number of hydrogen-bond donors (Lipinski definition) is 1. The summed E-state index contributed by atoms with van der Waals surface area (Å²) < 4.78 is 11.0. The van der Waals surface area contributed by atoms with Gasteiger partial charge in [0.15, 0.2) is 0 Å². The molecule has 2 fully saturated rings. The summed E-state index contributed by atoms with van der Waals surface area (Å²) in [5, 5.41) is 9.87. The molecule has 1 amide bonds. The van der Waals surface area contributed by atoms with Crippen LogP contribution in [-0.2, 0) is 11.2 Å². The van der Waals surface area contributed by atoms with Crippen molar-refractivity contribution in [3.63, 3.8) is 0 Å². The molecule has 6 heteroatoms. The van der Waals surface area contributed by atoms with E-state index >= 15 is 0 Å². The highest BCUT2D eigenvalue weighted by atomic mass is 16.5. The zero-order valence-corrected chi connectivity index (χ0v) is 15.9. The van der Waals surface area contributed by atoms with Crippen LogP contribution in [0.5, 0.6) is 0 Å². The normalized spacial score (nSPS) is 25.6. The van der Waals surface area contributed by atoms with Crippen LogP contribution in [0.2, 0.25) is 0 Å². The van der Waals surface area contributed by atoms with Gasteiger partial charge in [-0.3, -0.25) is 4.79 Å². The zero-order valence-electron chi connectivity index (χ0n) is 15.9. The van der Waals surface area contributed by atoms with E-state index in [0.29, 0.717) is 50.0 Å². The molecule has 0 radical (unpaired) electrons. The molecule has 1 aromatic rings. The Labute approximate surface area is 154 Å². The molecule has 1 N–H and O–H groups in total. The number of aryl methyl sites for hydroxylation is 2. The molecule has 0 saturated carbocycles. The van der Waals surface area contributed by atoms with E-state index in [1.54, 1.807) is 11.8 Å². The third kappa shape index (κ3) is 3.58. The number of aliphatic hydroxyl groups excluding tert-OH is 1. The minimum atomic E-state index is -0.557. The molecule has 2 saturated heterocycles. The monoisotopic (exact) mass is 363 g/mol. The largest absolute Gasteiger partial charge is 0.427 e. The fourth-order valence-corrected chi connectivity index (χ4v) is 4.12. The van der Waals surface area contributed by atoms with Crippen LogP contribution in [0, 0.1) is 24.2 Å². The van der Waals surface area contributed by atoms with Gasteiger partial charge in [-0.15, -0.1) is 0 Å². The summed E-state index contributed by atoms with van der Waals surface area (Å²) >= 11 is 0. The fraction of sp³-hybridized carbons (Fsp3) is 0.700. The predicted molar refractivity (Wildman–Crippen MR) is 97.2 cm³/mol. The van der Waals surface area contributed by atoms with Crippen LogP contribution in [0.15, 0.2) is 15.3 Å². The number of amides is 1. The van der Waals surface area contributed by atoms with Gasteiger partial charge < -0.3 is 19.2 Å². The predicted octanol–water partition coefficient (Wildman–Crippen LogP) is 2.01. The fourth-order valence-electron chi connectivity index (χ4n) is 4.12. The summed E-state index contributed by atoms with van der Waals surface area (Å²) in [6, 6.07) is 1.81. The van der Waals surface area contributed by atoms with E-state index in [0.717, 1.165) is 12.8 Å². The highest BCUT2D eigenvalue weighted by molar-refractivity contribution is 5.95. The smallest absolute Gasteiger partial charge is 0.349 e. The lowest BCUT2D eigenvalue weighted by molar-refractivity contribution is -0.0557. The number of likely N-dealkylation sites (tertiary alicyclic amines) is 1. The zero-order chi connectivity index (χ0) is 18.9. The van der Waals surface area contributed by atoms with Crippen molar-refractivity contribution in [2.45, 2.75) is 40.0 Å². The molecule has 26 heavy (non-hydrogen) atoms. The van der Waals surface area contributed by atoms with Gasteiger partial charge in [0.25, 0.3) is 5.91 Å².